The van der Waals surface area contributed by atoms with E-state index in [9.17, 15) is 0 Å². The molecule has 1 atom stereocenters. The largest absolute Gasteiger partial charge is 0.118 e. The highest BCUT2D eigenvalue weighted by molar-refractivity contribution is 6.42. The molecule has 0 aliphatic heterocycles. The maximum absolute atomic E-state index is 6.52. The molecule has 1 aliphatic carbocycles. The predicted molar refractivity (Wildman–Crippen MR) is 80.9 cm³/mol. The molecule has 0 bridgehead atoms. The van der Waals surface area contributed by atoms with Gasteiger partial charge in [-0.2, -0.15) is 0 Å². The summed E-state index contributed by atoms with van der Waals surface area (Å²) in [5.74, 6) is 0.768. The third-order valence-corrected chi connectivity index (χ3v) is 4.99. The molecular formula is C15H19Cl3. The van der Waals surface area contributed by atoms with Crippen molar-refractivity contribution in [1.82, 2.24) is 0 Å². The number of alkyl halides is 1. The lowest BCUT2D eigenvalue weighted by molar-refractivity contribution is 0.423. The first kappa shape index (κ1) is 14.5. The first-order valence-electron chi connectivity index (χ1n) is 6.76. The molecule has 1 aromatic carbocycles. The normalized spacial score (nSPS) is 19.5. The second kappa shape index (κ2) is 7.03. The van der Waals surface area contributed by atoms with Gasteiger partial charge in [-0.25, -0.2) is 0 Å². The minimum Gasteiger partial charge on any atom is -0.118 e. The van der Waals surface area contributed by atoms with E-state index >= 15 is 0 Å². The van der Waals surface area contributed by atoms with Crippen LogP contribution in [0.4, 0.5) is 0 Å². The molecule has 0 saturated heterocycles. The Morgan fingerprint density at radius 1 is 1.00 bits per heavy atom. The molecule has 1 unspecified atom stereocenters. The van der Waals surface area contributed by atoms with Crippen LogP contribution in [-0.4, -0.2) is 0 Å². The summed E-state index contributed by atoms with van der Waals surface area (Å²) in [5, 5.41) is 1.25. The third-order valence-electron chi connectivity index (χ3n) is 3.82. The number of hydrogen-bond donors (Lipinski definition) is 0. The molecule has 0 radical (unpaired) electrons. The van der Waals surface area contributed by atoms with Gasteiger partial charge >= 0.3 is 0 Å². The molecule has 0 amide bonds. The van der Waals surface area contributed by atoms with Crippen LogP contribution in [0.3, 0.4) is 0 Å². The zero-order chi connectivity index (χ0) is 13.0. The van der Waals surface area contributed by atoms with E-state index in [4.69, 9.17) is 34.8 Å². The second-order valence-electron chi connectivity index (χ2n) is 5.23. The van der Waals surface area contributed by atoms with Crippen LogP contribution >= 0.6 is 34.8 Å². The Morgan fingerprint density at radius 2 is 1.67 bits per heavy atom. The van der Waals surface area contributed by atoms with Gasteiger partial charge in [0.15, 0.2) is 0 Å². The molecule has 18 heavy (non-hydrogen) atoms. The Kier molecular flexibility index (Phi) is 5.66. The summed E-state index contributed by atoms with van der Waals surface area (Å²) in [5.41, 5.74) is 1.09. The zero-order valence-corrected chi connectivity index (χ0v) is 12.7. The van der Waals surface area contributed by atoms with E-state index in [1.54, 1.807) is 0 Å². The molecular weight excluding hydrogens is 287 g/mol. The van der Waals surface area contributed by atoms with Gasteiger partial charge in [0.1, 0.15) is 0 Å². The summed E-state index contributed by atoms with van der Waals surface area (Å²) < 4.78 is 0. The summed E-state index contributed by atoms with van der Waals surface area (Å²) in [4.78, 5) is 0. The molecule has 0 nitrogen and oxygen atoms in total. The van der Waals surface area contributed by atoms with E-state index in [0.29, 0.717) is 10.0 Å². The Labute approximate surface area is 125 Å². The van der Waals surface area contributed by atoms with Gasteiger partial charge in [-0.15, -0.1) is 11.6 Å². The van der Waals surface area contributed by atoms with Crippen LogP contribution in [0.2, 0.25) is 10.0 Å². The molecule has 0 spiro atoms. The maximum Gasteiger partial charge on any atom is 0.0595 e. The van der Waals surface area contributed by atoms with Crippen LogP contribution < -0.4 is 0 Å². The van der Waals surface area contributed by atoms with Crippen molar-refractivity contribution in [2.45, 2.75) is 50.3 Å². The molecule has 1 fully saturated rings. The highest BCUT2D eigenvalue weighted by atomic mass is 35.5. The minimum absolute atomic E-state index is 0.0582. The fraction of sp³-hybridized carbons (Fsp3) is 0.600. The fourth-order valence-corrected chi connectivity index (χ4v) is 3.43. The van der Waals surface area contributed by atoms with Crippen LogP contribution in [-0.2, 0) is 0 Å². The van der Waals surface area contributed by atoms with Crippen molar-refractivity contribution in [3.05, 3.63) is 33.8 Å². The van der Waals surface area contributed by atoms with Crippen LogP contribution in [0.25, 0.3) is 0 Å². The number of rotatable bonds is 3. The van der Waals surface area contributed by atoms with Gasteiger partial charge in [0, 0.05) is 0 Å². The highest BCUT2D eigenvalue weighted by Crippen LogP contribution is 2.36. The van der Waals surface area contributed by atoms with Crippen molar-refractivity contribution in [1.29, 1.82) is 0 Å². The van der Waals surface area contributed by atoms with Gasteiger partial charge in [-0.3, -0.25) is 0 Å². The highest BCUT2D eigenvalue weighted by Gasteiger charge is 2.18. The van der Waals surface area contributed by atoms with Crippen LogP contribution in [0.5, 0.6) is 0 Å². The second-order valence-corrected chi connectivity index (χ2v) is 6.58. The lowest BCUT2D eigenvalue weighted by Gasteiger charge is -2.18. The van der Waals surface area contributed by atoms with Crippen molar-refractivity contribution >= 4 is 34.8 Å². The number of hydrogen-bond acceptors (Lipinski definition) is 0. The van der Waals surface area contributed by atoms with Gasteiger partial charge in [0.05, 0.1) is 15.4 Å². The molecule has 1 aromatic rings. The lowest BCUT2D eigenvalue weighted by Crippen LogP contribution is -2.03. The Balaban J connectivity index is 1.97. The molecule has 0 heterocycles. The average molecular weight is 306 g/mol. The molecule has 1 saturated carbocycles. The molecule has 1 aliphatic rings. The third kappa shape index (κ3) is 4.05. The Morgan fingerprint density at radius 3 is 2.28 bits per heavy atom. The van der Waals surface area contributed by atoms with Crippen LogP contribution in [0.1, 0.15) is 55.9 Å². The SMILES string of the molecule is Clc1ccc(C(Cl)CC2CCCCCC2)cc1Cl. The van der Waals surface area contributed by atoms with E-state index < -0.39 is 0 Å². The molecule has 0 N–H and O–H groups in total. The number of benzene rings is 1. The quantitative estimate of drug-likeness (QED) is 0.434. The predicted octanol–water partition coefficient (Wildman–Crippen LogP) is 6.63. The number of halogens is 3. The maximum atomic E-state index is 6.52. The average Bonchev–Trinajstić information content (AvgIpc) is 2.61. The first-order valence-corrected chi connectivity index (χ1v) is 7.95. The summed E-state index contributed by atoms with van der Waals surface area (Å²) in [6.07, 6.45) is 9.19. The van der Waals surface area contributed by atoms with Gasteiger partial charge in [0.25, 0.3) is 0 Å². The van der Waals surface area contributed by atoms with E-state index in [2.05, 4.69) is 0 Å². The van der Waals surface area contributed by atoms with E-state index in [-0.39, 0.29) is 5.38 Å². The van der Waals surface area contributed by atoms with E-state index in [1.165, 1.54) is 38.5 Å². The Bertz CT molecular complexity index is 381. The van der Waals surface area contributed by atoms with Crippen LogP contribution in [0, 0.1) is 5.92 Å². The molecule has 3 heteroatoms. The van der Waals surface area contributed by atoms with Crippen molar-refractivity contribution in [3.8, 4) is 0 Å². The fourth-order valence-electron chi connectivity index (χ4n) is 2.74. The summed E-state index contributed by atoms with van der Waals surface area (Å²) in [6, 6.07) is 5.72. The Hall–Kier alpha value is 0.0900. The van der Waals surface area contributed by atoms with Crippen molar-refractivity contribution < 1.29 is 0 Å². The van der Waals surface area contributed by atoms with Gasteiger partial charge in [0.2, 0.25) is 0 Å². The smallest absolute Gasteiger partial charge is 0.0595 e. The monoisotopic (exact) mass is 304 g/mol. The standard InChI is InChI=1S/C15H19Cl3/c16-13-8-7-12(10-15(13)18)14(17)9-11-5-3-1-2-4-6-11/h7-8,10-11,14H,1-6,9H2. The zero-order valence-electron chi connectivity index (χ0n) is 10.5. The summed E-state index contributed by atoms with van der Waals surface area (Å²) >= 11 is 18.5. The molecule has 100 valence electrons. The van der Waals surface area contributed by atoms with E-state index in [0.717, 1.165) is 17.9 Å². The molecule has 0 aromatic heterocycles. The van der Waals surface area contributed by atoms with Crippen molar-refractivity contribution in [2.75, 3.05) is 0 Å². The summed E-state index contributed by atoms with van der Waals surface area (Å²) in [6.45, 7) is 0. The lowest BCUT2D eigenvalue weighted by atomic mass is 9.92. The van der Waals surface area contributed by atoms with Crippen molar-refractivity contribution in [2.24, 2.45) is 5.92 Å². The first-order chi connectivity index (χ1) is 8.66. The van der Waals surface area contributed by atoms with Crippen LogP contribution in [0.15, 0.2) is 18.2 Å². The van der Waals surface area contributed by atoms with E-state index in [1.807, 2.05) is 18.2 Å². The topological polar surface area (TPSA) is 0 Å². The minimum atomic E-state index is 0.0582. The van der Waals surface area contributed by atoms with Gasteiger partial charge in [-0.05, 0) is 30.0 Å². The van der Waals surface area contributed by atoms with Gasteiger partial charge in [-0.1, -0.05) is 67.8 Å². The van der Waals surface area contributed by atoms with Crippen molar-refractivity contribution in [3.63, 3.8) is 0 Å². The summed E-state index contributed by atoms with van der Waals surface area (Å²) in [7, 11) is 0. The molecule has 2 rings (SSSR count). The van der Waals surface area contributed by atoms with Gasteiger partial charge < -0.3 is 0 Å².